The molecular weight excluding hydrogens is 274 g/mol. The fourth-order valence-corrected chi connectivity index (χ4v) is 3.28. The molecule has 1 atom stereocenters. The van der Waals surface area contributed by atoms with E-state index in [9.17, 15) is 0 Å². The van der Waals surface area contributed by atoms with Gasteiger partial charge in [-0.25, -0.2) is 10.4 Å². The van der Waals surface area contributed by atoms with Crippen LogP contribution in [0.5, 0.6) is 5.75 Å². The number of nitrogens with one attached hydrogen (secondary N) is 1. The summed E-state index contributed by atoms with van der Waals surface area (Å²) in [6.07, 6.45) is 1.73. The molecule has 0 aliphatic carbocycles. The molecule has 2 aromatic rings. The third-order valence-electron chi connectivity index (χ3n) is 3.15. The van der Waals surface area contributed by atoms with E-state index in [2.05, 4.69) is 29.4 Å². The first-order valence-corrected chi connectivity index (χ1v) is 7.32. The molecule has 3 N–H and O–H groups in total. The summed E-state index contributed by atoms with van der Waals surface area (Å²) in [4.78, 5) is 5.56. The van der Waals surface area contributed by atoms with E-state index in [0.717, 1.165) is 27.0 Å². The van der Waals surface area contributed by atoms with Crippen LogP contribution in [0.3, 0.4) is 0 Å². The number of methoxy groups -OCH3 is 1. The maximum atomic E-state index is 5.80. The van der Waals surface area contributed by atoms with Crippen LogP contribution in [0, 0.1) is 13.8 Å². The summed E-state index contributed by atoms with van der Waals surface area (Å²) in [5.74, 6) is 6.53. The molecule has 20 heavy (non-hydrogen) atoms. The molecule has 1 unspecified atom stereocenters. The number of thiazole rings is 1. The molecule has 110 valence electrons. The van der Waals surface area contributed by atoms with Crippen molar-refractivity contribution < 1.29 is 4.74 Å². The minimum Gasteiger partial charge on any atom is -0.493 e. The number of ether oxygens (including phenoxy) is 1. The van der Waals surface area contributed by atoms with Crippen molar-refractivity contribution in [3.63, 3.8) is 0 Å². The molecule has 0 spiro atoms. The zero-order chi connectivity index (χ0) is 14.9. The van der Waals surface area contributed by atoms with E-state index >= 15 is 0 Å². The topological polar surface area (TPSA) is 78.0 Å². The Labute approximate surface area is 122 Å². The van der Waals surface area contributed by atoms with Gasteiger partial charge in [-0.3, -0.25) is 10.5 Å². The zero-order valence-corrected chi connectivity index (χ0v) is 13.3. The number of hydrogen-bond acceptors (Lipinski definition) is 6. The Morgan fingerprint density at radius 3 is 2.55 bits per heavy atom. The standard InChI is InChI=1S/C13H21N5OS/c1-7(2)18-12(10(19-5)6-15-18)11(17-14)13-8(3)16-9(4)20-13/h6-7,11,17H,14H2,1-5H3. The van der Waals surface area contributed by atoms with Crippen LogP contribution < -0.4 is 16.0 Å². The molecule has 0 amide bonds. The van der Waals surface area contributed by atoms with Crippen molar-refractivity contribution in [1.29, 1.82) is 0 Å². The van der Waals surface area contributed by atoms with Crippen molar-refractivity contribution in [3.8, 4) is 5.75 Å². The highest BCUT2D eigenvalue weighted by Crippen LogP contribution is 2.35. The van der Waals surface area contributed by atoms with Crippen molar-refractivity contribution in [2.24, 2.45) is 5.84 Å². The van der Waals surface area contributed by atoms with Crippen molar-refractivity contribution in [2.45, 2.75) is 39.8 Å². The van der Waals surface area contributed by atoms with Crippen molar-refractivity contribution >= 4 is 11.3 Å². The summed E-state index contributed by atoms with van der Waals surface area (Å²) in [5.41, 5.74) is 4.78. The summed E-state index contributed by atoms with van der Waals surface area (Å²) in [6, 6.07) is 0.0418. The Balaban J connectivity index is 2.56. The average molecular weight is 295 g/mol. The number of aromatic nitrogens is 3. The molecule has 0 saturated carbocycles. The van der Waals surface area contributed by atoms with Crippen molar-refractivity contribution in [1.82, 2.24) is 20.2 Å². The summed E-state index contributed by atoms with van der Waals surface area (Å²) >= 11 is 1.63. The zero-order valence-electron chi connectivity index (χ0n) is 12.5. The second-order valence-electron chi connectivity index (χ2n) is 4.92. The monoisotopic (exact) mass is 295 g/mol. The SMILES string of the molecule is COc1cnn(C(C)C)c1C(NN)c1sc(C)nc1C. The molecule has 6 nitrogen and oxygen atoms in total. The Kier molecular flexibility index (Phi) is 4.42. The van der Waals surface area contributed by atoms with Gasteiger partial charge in [0.25, 0.3) is 0 Å². The lowest BCUT2D eigenvalue weighted by atomic mass is 10.1. The first-order chi connectivity index (χ1) is 9.49. The van der Waals surface area contributed by atoms with Crippen LogP contribution >= 0.6 is 11.3 Å². The molecule has 0 saturated heterocycles. The summed E-state index contributed by atoms with van der Waals surface area (Å²) in [7, 11) is 1.64. The average Bonchev–Trinajstić information content (AvgIpc) is 2.95. The molecule has 0 aromatic carbocycles. The lowest BCUT2D eigenvalue weighted by Crippen LogP contribution is -2.31. The highest BCUT2D eigenvalue weighted by atomic mass is 32.1. The van der Waals surface area contributed by atoms with Crippen LogP contribution in [0.1, 0.15) is 47.2 Å². The predicted octanol–water partition coefficient (Wildman–Crippen LogP) is 2.10. The van der Waals surface area contributed by atoms with Gasteiger partial charge < -0.3 is 4.74 Å². The number of nitrogens with zero attached hydrogens (tertiary/aromatic N) is 3. The van der Waals surface area contributed by atoms with Gasteiger partial charge in [-0.1, -0.05) is 0 Å². The molecule has 0 radical (unpaired) electrons. The summed E-state index contributed by atoms with van der Waals surface area (Å²) < 4.78 is 7.36. The second kappa shape index (κ2) is 5.90. The lowest BCUT2D eigenvalue weighted by molar-refractivity contribution is 0.394. The molecule has 0 bridgehead atoms. The molecule has 2 heterocycles. The van der Waals surface area contributed by atoms with Crippen molar-refractivity contribution in [3.05, 3.63) is 27.5 Å². The van der Waals surface area contributed by atoms with Gasteiger partial charge in [-0.05, 0) is 27.7 Å². The van der Waals surface area contributed by atoms with Gasteiger partial charge in [0.2, 0.25) is 0 Å². The van der Waals surface area contributed by atoms with Gasteiger partial charge in [-0.2, -0.15) is 5.10 Å². The Morgan fingerprint density at radius 1 is 1.40 bits per heavy atom. The van der Waals surface area contributed by atoms with Gasteiger partial charge in [0.05, 0.1) is 28.9 Å². The minimum atomic E-state index is -0.180. The van der Waals surface area contributed by atoms with Crippen LogP contribution in [0.15, 0.2) is 6.20 Å². The number of hydrogen-bond donors (Lipinski definition) is 2. The molecular formula is C13H21N5OS. The number of hydrazine groups is 1. The van der Waals surface area contributed by atoms with Crippen LogP contribution in [-0.4, -0.2) is 21.9 Å². The molecule has 2 rings (SSSR count). The van der Waals surface area contributed by atoms with Gasteiger partial charge >= 0.3 is 0 Å². The quantitative estimate of drug-likeness (QED) is 0.652. The Hall–Kier alpha value is -1.44. The van der Waals surface area contributed by atoms with Gasteiger partial charge in [0, 0.05) is 6.04 Å². The first-order valence-electron chi connectivity index (χ1n) is 6.51. The molecule has 0 aliphatic heterocycles. The lowest BCUT2D eigenvalue weighted by Gasteiger charge is -2.20. The normalized spacial score (nSPS) is 12.9. The maximum absolute atomic E-state index is 5.80. The van der Waals surface area contributed by atoms with E-state index in [0.29, 0.717) is 0 Å². The van der Waals surface area contributed by atoms with E-state index in [1.807, 2.05) is 18.5 Å². The maximum Gasteiger partial charge on any atom is 0.162 e. The first kappa shape index (κ1) is 15.0. The molecule has 2 aromatic heterocycles. The van der Waals surface area contributed by atoms with Crippen LogP contribution in [0.25, 0.3) is 0 Å². The smallest absolute Gasteiger partial charge is 0.162 e. The highest BCUT2D eigenvalue weighted by Gasteiger charge is 2.27. The largest absolute Gasteiger partial charge is 0.493 e. The van der Waals surface area contributed by atoms with Gasteiger partial charge in [-0.15, -0.1) is 11.3 Å². The third-order valence-corrected chi connectivity index (χ3v) is 4.29. The van der Waals surface area contributed by atoms with Gasteiger partial charge in [0.1, 0.15) is 11.7 Å². The van der Waals surface area contributed by atoms with Crippen LogP contribution in [0.4, 0.5) is 0 Å². The van der Waals surface area contributed by atoms with Crippen molar-refractivity contribution in [2.75, 3.05) is 7.11 Å². The van der Waals surface area contributed by atoms with E-state index in [-0.39, 0.29) is 12.1 Å². The highest BCUT2D eigenvalue weighted by molar-refractivity contribution is 7.11. The van der Waals surface area contributed by atoms with E-state index in [1.165, 1.54) is 0 Å². The second-order valence-corrected chi connectivity index (χ2v) is 6.15. The van der Waals surface area contributed by atoms with Crippen LogP contribution in [0.2, 0.25) is 0 Å². The number of nitrogens with two attached hydrogens (primary N) is 1. The number of aryl methyl sites for hydroxylation is 2. The Morgan fingerprint density at radius 2 is 2.10 bits per heavy atom. The summed E-state index contributed by atoms with van der Waals surface area (Å²) in [5, 5.41) is 5.42. The van der Waals surface area contributed by atoms with Gasteiger partial charge in [0.15, 0.2) is 5.75 Å². The van der Waals surface area contributed by atoms with E-state index in [4.69, 9.17) is 10.6 Å². The van der Waals surface area contributed by atoms with E-state index < -0.39 is 0 Å². The fourth-order valence-electron chi connectivity index (χ4n) is 2.29. The van der Waals surface area contributed by atoms with E-state index in [1.54, 1.807) is 24.6 Å². The third kappa shape index (κ3) is 2.56. The molecule has 0 fully saturated rings. The number of rotatable bonds is 5. The minimum absolute atomic E-state index is 0.180. The summed E-state index contributed by atoms with van der Waals surface area (Å²) in [6.45, 7) is 8.14. The van der Waals surface area contributed by atoms with Crippen LogP contribution in [-0.2, 0) is 0 Å². The predicted molar refractivity (Wildman–Crippen MR) is 79.9 cm³/mol. The molecule has 0 aliphatic rings. The fraction of sp³-hybridized carbons (Fsp3) is 0.538. The molecule has 7 heteroatoms. The Bertz CT molecular complexity index is 590.